The van der Waals surface area contributed by atoms with Gasteiger partial charge in [0.1, 0.15) is 0 Å². The molecular weight excluding hydrogens is 254 g/mol. The molecule has 0 saturated heterocycles. The van der Waals surface area contributed by atoms with Crippen LogP contribution < -0.4 is 0 Å². The number of hydrogen-bond donors (Lipinski definition) is 1. The number of fused-ring (bicyclic) bond motifs is 1. The van der Waals surface area contributed by atoms with E-state index >= 15 is 0 Å². The molecule has 0 amide bonds. The van der Waals surface area contributed by atoms with Crippen LogP contribution in [0.1, 0.15) is 38.1 Å². The minimum atomic E-state index is -0.421. The van der Waals surface area contributed by atoms with E-state index in [1.807, 2.05) is 31.2 Å². The van der Waals surface area contributed by atoms with Crippen molar-refractivity contribution in [3.8, 4) is 0 Å². The standard InChI is InChI=1S/C16H21NOS/c1-11-5-6-12-9-13(7-8-14(12)17-11)15(18)10-19-16(2,3)4/h5-9,15,18H,10H2,1-4H3. The largest absolute Gasteiger partial charge is 0.388 e. The zero-order valence-electron chi connectivity index (χ0n) is 12.0. The zero-order valence-corrected chi connectivity index (χ0v) is 12.8. The lowest BCUT2D eigenvalue weighted by molar-refractivity contribution is 0.204. The van der Waals surface area contributed by atoms with Crippen molar-refractivity contribution in [3.63, 3.8) is 0 Å². The molecule has 0 fully saturated rings. The average molecular weight is 275 g/mol. The number of aryl methyl sites for hydroxylation is 1. The fraction of sp³-hybridized carbons (Fsp3) is 0.438. The molecular formula is C16H21NOS. The first kappa shape index (κ1) is 14.4. The molecule has 1 atom stereocenters. The Morgan fingerprint density at radius 3 is 2.63 bits per heavy atom. The minimum Gasteiger partial charge on any atom is -0.388 e. The van der Waals surface area contributed by atoms with Crippen LogP contribution in [-0.2, 0) is 0 Å². The lowest BCUT2D eigenvalue weighted by Gasteiger charge is -2.20. The number of pyridine rings is 1. The van der Waals surface area contributed by atoms with E-state index in [9.17, 15) is 5.11 Å². The monoisotopic (exact) mass is 275 g/mol. The van der Waals surface area contributed by atoms with E-state index in [0.717, 1.165) is 22.2 Å². The summed E-state index contributed by atoms with van der Waals surface area (Å²) in [6, 6.07) is 10.1. The maximum atomic E-state index is 10.3. The third kappa shape index (κ3) is 3.95. The van der Waals surface area contributed by atoms with Gasteiger partial charge in [-0.3, -0.25) is 4.98 Å². The predicted molar refractivity (Wildman–Crippen MR) is 83.7 cm³/mol. The predicted octanol–water partition coefficient (Wildman–Crippen LogP) is 4.11. The first-order chi connectivity index (χ1) is 8.85. The van der Waals surface area contributed by atoms with E-state index < -0.39 is 6.10 Å². The van der Waals surface area contributed by atoms with Crippen molar-refractivity contribution in [1.29, 1.82) is 0 Å². The Morgan fingerprint density at radius 2 is 1.95 bits per heavy atom. The Morgan fingerprint density at radius 1 is 1.21 bits per heavy atom. The van der Waals surface area contributed by atoms with E-state index in [4.69, 9.17) is 0 Å². The van der Waals surface area contributed by atoms with Gasteiger partial charge in [0.15, 0.2) is 0 Å². The van der Waals surface area contributed by atoms with Crippen molar-refractivity contribution in [3.05, 3.63) is 41.6 Å². The topological polar surface area (TPSA) is 33.1 Å². The van der Waals surface area contributed by atoms with Crippen LogP contribution in [0.5, 0.6) is 0 Å². The highest BCUT2D eigenvalue weighted by atomic mass is 32.2. The number of aliphatic hydroxyl groups excluding tert-OH is 1. The minimum absolute atomic E-state index is 0.177. The molecule has 1 heterocycles. The highest BCUT2D eigenvalue weighted by Gasteiger charge is 2.15. The Kier molecular flexibility index (Phi) is 4.16. The second-order valence-electron chi connectivity index (χ2n) is 5.84. The van der Waals surface area contributed by atoms with Crippen molar-refractivity contribution in [2.24, 2.45) is 0 Å². The fourth-order valence-corrected chi connectivity index (χ4v) is 2.73. The molecule has 2 rings (SSSR count). The Balaban J connectivity index is 2.18. The highest BCUT2D eigenvalue weighted by Crippen LogP contribution is 2.29. The van der Waals surface area contributed by atoms with E-state index in [1.54, 1.807) is 11.8 Å². The van der Waals surface area contributed by atoms with Gasteiger partial charge in [-0.25, -0.2) is 0 Å². The van der Waals surface area contributed by atoms with Gasteiger partial charge in [-0.1, -0.05) is 32.9 Å². The molecule has 0 bridgehead atoms. The van der Waals surface area contributed by atoms with Crippen LogP contribution >= 0.6 is 11.8 Å². The summed E-state index contributed by atoms with van der Waals surface area (Å²) in [6.07, 6.45) is -0.421. The number of nitrogens with zero attached hydrogens (tertiary/aromatic N) is 1. The van der Waals surface area contributed by atoms with Crippen LogP contribution in [-0.4, -0.2) is 20.6 Å². The molecule has 0 aliphatic rings. The van der Waals surface area contributed by atoms with Crippen molar-refractivity contribution in [2.75, 3.05) is 5.75 Å². The molecule has 1 unspecified atom stereocenters. The van der Waals surface area contributed by atoms with Gasteiger partial charge in [0.25, 0.3) is 0 Å². The number of aromatic nitrogens is 1. The zero-order chi connectivity index (χ0) is 14.0. The van der Waals surface area contributed by atoms with Crippen LogP contribution in [0.25, 0.3) is 10.9 Å². The van der Waals surface area contributed by atoms with Crippen LogP contribution in [0.2, 0.25) is 0 Å². The van der Waals surface area contributed by atoms with Crippen molar-refractivity contribution < 1.29 is 5.11 Å². The van der Waals surface area contributed by atoms with E-state index in [2.05, 4.69) is 31.8 Å². The van der Waals surface area contributed by atoms with Crippen LogP contribution in [0, 0.1) is 6.92 Å². The molecule has 0 aliphatic carbocycles. The normalized spacial score (nSPS) is 13.7. The molecule has 0 spiro atoms. The van der Waals surface area contributed by atoms with Crippen molar-refractivity contribution in [1.82, 2.24) is 4.98 Å². The summed E-state index contributed by atoms with van der Waals surface area (Å²) in [5, 5.41) is 11.3. The van der Waals surface area contributed by atoms with Gasteiger partial charge in [0.2, 0.25) is 0 Å². The molecule has 102 valence electrons. The summed E-state index contributed by atoms with van der Waals surface area (Å²) in [6.45, 7) is 8.48. The summed E-state index contributed by atoms with van der Waals surface area (Å²) in [7, 11) is 0. The molecule has 19 heavy (non-hydrogen) atoms. The third-order valence-electron chi connectivity index (χ3n) is 2.91. The van der Waals surface area contributed by atoms with Gasteiger partial charge in [-0.2, -0.15) is 11.8 Å². The summed E-state index contributed by atoms with van der Waals surface area (Å²) in [5.74, 6) is 0.717. The Bertz CT molecular complexity index is 574. The van der Waals surface area contributed by atoms with Gasteiger partial charge < -0.3 is 5.11 Å². The second-order valence-corrected chi connectivity index (χ2v) is 7.69. The molecule has 3 heteroatoms. The van der Waals surface area contributed by atoms with Crippen LogP contribution in [0.15, 0.2) is 30.3 Å². The Labute approximate surface area is 119 Å². The lowest BCUT2D eigenvalue weighted by atomic mass is 10.1. The molecule has 0 radical (unpaired) electrons. The van der Waals surface area contributed by atoms with Crippen LogP contribution in [0.4, 0.5) is 0 Å². The van der Waals surface area contributed by atoms with E-state index in [0.29, 0.717) is 5.75 Å². The molecule has 0 aliphatic heterocycles. The second kappa shape index (κ2) is 5.51. The van der Waals surface area contributed by atoms with Crippen LogP contribution in [0.3, 0.4) is 0 Å². The first-order valence-electron chi connectivity index (χ1n) is 6.54. The summed E-state index contributed by atoms with van der Waals surface area (Å²) < 4.78 is 0.177. The third-order valence-corrected chi connectivity index (χ3v) is 4.26. The number of thioether (sulfide) groups is 1. The van der Waals surface area contributed by atoms with Gasteiger partial charge in [-0.05, 0) is 30.7 Å². The van der Waals surface area contributed by atoms with Gasteiger partial charge >= 0.3 is 0 Å². The SMILES string of the molecule is Cc1ccc2cc(C(O)CSC(C)(C)C)ccc2n1. The van der Waals surface area contributed by atoms with E-state index in [1.165, 1.54) is 0 Å². The van der Waals surface area contributed by atoms with Crippen molar-refractivity contribution >= 4 is 22.7 Å². The van der Waals surface area contributed by atoms with Gasteiger partial charge in [-0.15, -0.1) is 0 Å². The highest BCUT2D eigenvalue weighted by molar-refractivity contribution is 8.00. The fourth-order valence-electron chi connectivity index (χ4n) is 1.88. The number of aliphatic hydroxyl groups is 1. The van der Waals surface area contributed by atoms with Gasteiger partial charge in [0.05, 0.1) is 11.6 Å². The maximum absolute atomic E-state index is 10.3. The molecule has 1 aromatic carbocycles. The molecule has 0 saturated carbocycles. The molecule has 2 aromatic rings. The first-order valence-corrected chi connectivity index (χ1v) is 7.53. The average Bonchev–Trinajstić information content (AvgIpc) is 2.34. The lowest BCUT2D eigenvalue weighted by Crippen LogP contribution is -2.12. The summed E-state index contributed by atoms with van der Waals surface area (Å²) in [4.78, 5) is 4.47. The number of benzene rings is 1. The molecule has 1 N–H and O–H groups in total. The smallest absolute Gasteiger partial charge is 0.0880 e. The maximum Gasteiger partial charge on any atom is 0.0880 e. The molecule has 1 aromatic heterocycles. The summed E-state index contributed by atoms with van der Waals surface area (Å²) >= 11 is 1.78. The Hall–Kier alpha value is -1.06. The molecule has 2 nitrogen and oxygen atoms in total. The summed E-state index contributed by atoms with van der Waals surface area (Å²) in [5.41, 5.74) is 2.97. The number of hydrogen-bond acceptors (Lipinski definition) is 3. The van der Waals surface area contributed by atoms with E-state index in [-0.39, 0.29) is 4.75 Å². The van der Waals surface area contributed by atoms with Gasteiger partial charge in [0, 0.05) is 21.6 Å². The quantitative estimate of drug-likeness (QED) is 0.915. The van der Waals surface area contributed by atoms with Crippen molar-refractivity contribution in [2.45, 2.75) is 38.5 Å². The number of rotatable bonds is 3.